The molecule has 0 radical (unpaired) electrons. The second-order valence-corrected chi connectivity index (χ2v) is 7.80. The quantitative estimate of drug-likeness (QED) is 0.696. The lowest BCUT2D eigenvalue weighted by Gasteiger charge is -2.36. The monoisotopic (exact) mass is 278 g/mol. The normalized spacial score (nSPS) is 26.7. The summed E-state index contributed by atoms with van der Waals surface area (Å²) in [6.45, 7) is 7.26. The van der Waals surface area contributed by atoms with E-state index in [2.05, 4.69) is 5.32 Å². The topological polar surface area (TPSA) is 69.6 Å². The summed E-state index contributed by atoms with van der Waals surface area (Å²) in [6.07, 6.45) is 2.02. The molecule has 0 aliphatic carbocycles. The predicted molar refractivity (Wildman–Crippen MR) is 73.0 cm³/mol. The lowest BCUT2D eigenvalue weighted by atomic mass is 9.97. The van der Waals surface area contributed by atoms with Crippen LogP contribution in [0, 0.1) is 0 Å². The molecule has 108 valence electrons. The fraction of sp³-hybridized carbons (Fsp3) is 1.00. The van der Waals surface area contributed by atoms with Gasteiger partial charge in [-0.05, 0) is 32.7 Å². The molecule has 0 saturated carbocycles. The Morgan fingerprint density at radius 3 is 2.67 bits per heavy atom. The van der Waals surface area contributed by atoms with E-state index in [1.807, 2.05) is 13.8 Å². The van der Waals surface area contributed by atoms with Crippen molar-refractivity contribution < 1.29 is 13.5 Å². The van der Waals surface area contributed by atoms with Gasteiger partial charge in [0.25, 0.3) is 0 Å². The second-order valence-electron chi connectivity index (χ2n) is 5.71. The standard InChI is InChI=1S/C12H26N2O3S/c1-11(2)13-7-5-9-18(16,17)14-8-4-6-12(3,15)10-14/h11,13,15H,4-10H2,1-3H3. The minimum absolute atomic E-state index is 0.156. The van der Waals surface area contributed by atoms with Gasteiger partial charge in [0.1, 0.15) is 0 Å². The van der Waals surface area contributed by atoms with Gasteiger partial charge in [-0.25, -0.2) is 8.42 Å². The summed E-state index contributed by atoms with van der Waals surface area (Å²) in [5.74, 6) is 0.156. The molecule has 18 heavy (non-hydrogen) atoms. The lowest BCUT2D eigenvalue weighted by Crippen LogP contribution is -2.49. The Morgan fingerprint density at radius 1 is 1.44 bits per heavy atom. The SMILES string of the molecule is CC(C)NCCCS(=O)(=O)N1CCCC(C)(O)C1. The van der Waals surface area contributed by atoms with E-state index >= 15 is 0 Å². The highest BCUT2D eigenvalue weighted by atomic mass is 32.2. The molecule has 1 heterocycles. The summed E-state index contributed by atoms with van der Waals surface area (Å²) in [4.78, 5) is 0. The summed E-state index contributed by atoms with van der Waals surface area (Å²) >= 11 is 0. The van der Waals surface area contributed by atoms with Crippen molar-refractivity contribution in [2.24, 2.45) is 0 Å². The van der Waals surface area contributed by atoms with Crippen molar-refractivity contribution in [3.63, 3.8) is 0 Å². The van der Waals surface area contributed by atoms with Crippen molar-refractivity contribution in [2.75, 3.05) is 25.4 Å². The molecule has 6 heteroatoms. The Kier molecular flexibility index (Phi) is 5.58. The van der Waals surface area contributed by atoms with Gasteiger partial charge in [-0.3, -0.25) is 0 Å². The number of rotatable bonds is 6. The van der Waals surface area contributed by atoms with E-state index < -0.39 is 15.6 Å². The van der Waals surface area contributed by atoms with Crippen molar-refractivity contribution >= 4 is 10.0 Å². The molecule has 0 amide bonds. The van der Waals surface area contributed by atoms with Crippen molar-refractivity contribution in [1.82, 2.24) is 9.62 Å². The van der Waals surface area contributed by atoms with Gasteiger partial charge in [-0.15, -0.1) is 0 Å². The van der Waals surface area contributed by atoms with Crippen LogP contribution < -0.4 is 5.32 Å². The predicted octanol–water partition coefficient (Wildman–Crippen LogP) is 0.551. The van der Waals surface area contributed by atoms with Crippen LogP contribution in [0.4, 0.5) is 0 Å². The molecule has 1 aliphatic heterocycles. The summed E-state index contributed by atoms with van der Waals surface area (Å²) in [5.41, 5.74) is -0.874. The van der Waals surface area contributed by atoms with Gasteiger partial charge >= 0.3 is 0 Å². The first-order valence-electron chi connectivity index (χ1n) is 6.66. The van der Waals surface area contributed by atoms with E-state index in [4.69, 9.17) is 0 Å². The number of aliphatic hydroxyl groups is 1. The largest absolute Gasteiger partial charge is 0.389 e. The highest BCUT2D eigenvalue weighted by Gasteiger charge is 2.34. The van der Waals surface area contributed by atoms with E-state index in [1.54, 1.807) is 6.92 Å². The number of β-amino-alcohol motifs (C(OH)–C–C–N with tert-alkyl or cyclic N) is 1. The first-order chi connectivity index (χ1) is 8.23. The minimum atomic E-state index is -3.22. The van der Waals surface area contributed by atoms with Gasteiger partial charge in [0.05, 0.1) is 11.4 Å². The van der Waals surface area contributed by atoms with Crippen LogP contribution in [0.3, 0.4) is 0 Å². The van der Waals surface area contributed by atoms with Crippen LogP contribution in [0.2, 0.25) is 0 Å². The molecule has 0 spiro atoms. The van der Waals surface area contributed by atoms with Gasteiger partial charge in [-0.1, -0.05) is 13.8 Å². The van der Waals surface area contributed by atoms with Crippen LogP contribution in [-0.2, 0) is 10.0 Å². The molecule has 1 unspecified atom stereocenters. The molecule has 1 aliphatic rings. The second kappa shape index (κ2) is 6.32. The third-order valence-electron chi connectivity index (χ3n) is 3.16. The average Bonchev–Trinajstić information content (AvgIpc) is 2.23. The maximum absolute atomic E-state index is 12.1. The molecule has 0 aromatic heterocycles. The Balaban J connectivity index is 2.43. The molecule has 1 atom stereocenters. The molecule has 5 nitrogen and oxygen atoms in total. The van der Waals surface area contributed by atoms with Crippen LogP contribution in [0.25, 0.3) is 0 Å². The Morgan fingerprint density at radius 2 is 2.11 bits per heavy atom. The minimum Gasteiger partial charge on any atom is -0.389 e. The van der Waals surface area contributed by atoms with Crippen molar-refractivity contribution in [1.29, 1.82) is 0 Å². The van der Waals surface area contributed by atoms with E-state index in [9.17, 15) is 13.5 Å². The van der Waals surface area contributed by atoms with Gasteiger partial charge in [0, 0.05) is 19.1 Å². The highest BCUT2D eigenvalue weighted by molar-refractivity contribution is 7.89. The Labute approximate surface area is 111 Å². The third kappa shape index (κ3) is 5.22. The van der Waals surface area contributed by atoms with Crippen molar-refractivity contribution in [2.45, 2.75) is 51.7 Å². The van der Waals surface area contributed by atoms with Gasteiger partial charge in [0.2, 0.25) is 10.0 Å². The fourth-order valence-electron chi connectivity index (χ4n) is 2.19. The third-order valence-corrected chi connectivity index (χ3v) is 5.07. The smallest absolute Gasteiger partial charge is 0.214 e. The Hall–Kier alpha value is -0.170. The van der Waals surface area contributed by atoms with Gasteiger partial charge in [-0.2, -0.15) is 4.31 Å². The molecular weight excluding hydrogens is 252 g/mol. The fourth-order valence-corrected chi connectivity index (χ4v) is 3.84. The number of nitrogens with zero attached hydrogens (tertiary/aromatic N) is 1. The van der Waals surface area contributed by atoms with Crippen molar-refractivity contribution in [3.8, 4) is 0 Å². The Bertz CT molecular complexity index is 352. The lowest BCUT2D eigenvalue weighted by molar-refractivity contribution is 0.00941. The van der Waals surface area contributed by atoms with Crippen LogP contribution >= 0.6 is 0 Å². The first kappa shape index (κ1) is 15.9. The first-order valence-corrected chi connectivity index (χ1v) is 8.27. The van der Waals surface area contributed by atoms with Gasteiger partial charge in [0.15, 0.2) is 0 Å². The molecule has 0 aromatic rings. The average molecular weight is 278 g/mol. The number of piperidine rings is 1. The van der Waals surface area contributed by atoms with E-state index in [0.717, 1.165) is 6.42 Å². The van der Waals surface area contributed by atoms with Crippen LogP contribution in [0.1, 0.15) is 40.0 Å². The number of hydrogen-bond acceptors (Lipinski definition) is 4. The van der Waals surface area contributed by atoms with Crippen LogP contribution in [0.15, 0.2) is 0 Å². The summed E-state index contributed by atoms with van der Waals surface area (Å²) in [5, 5.41) is 13.1. The molecule has 1 rings (SSSR count). The maximum Gasteiger partial charge on any atom is 0.214 e. The van der Waals surface area contributed by atoms with E-state index in [1.165, 1.54) is 4.31 Å². The zero-order chi connectivity index (χ0) is 13.8. The zero-order valence-corrected chi connectivity index (χ0v) is 12.5. The summed E-state index contributed by atoms with van der Waals surface area (Å²) in [7, 11) is -3.22. The highest BCUT2D eigenvalue weighted by Crippen LogP contribution is 2.22. The number of nitrogens with one attached hydrogen (secondary N) is 1. The van der Waals surface area contributed by atoms with E-state index in [0.29, 0.717) is 32.0 Å². The molecule has 0 aromatic carbocycles. The number of hydrogen-bond donors (Lipinski definition) is 2. The summed E-state index contributed by atoms with van der Waals surface area (Å²) < 4.78 is 25.6. The van der Waals surface area contributed by atoms with E-state index in [-0.39, 0.29) is 12.3 Å². The van der Waals surface area contributed by atoms with Gasteiger partial charge < -0.3 is 10.4 Å². The van der Waals surface area contributed by atoms with Crippen LogP contribution in [-0.4, -0.2) is 54.9 Å². The zero-order valence-electron chi connectivity index (χ0n) is 11.6. The molecule has 0 bridgehead atoms. The molecule has 2 N–H and O–H groups in total. The molecular formula is C12H26N2O3S. The molecule has 1 saturated heterocycles. The number of sulfonamides is 1. The molecule has 1 fully saturated rings. The summed E-state index contributed by atoms with van der Waals surface area (Å²) in [6, 6.07) is 0.378. The van der Waals surface area contributed by atoms with Crippen molar-refractivity contribution in [3.05, 3.63) is 0 Å². The van der Waals surface area contributed by atoms with Crippen LogP contribution in [0.5, 0.6) is 0 Å². The maximum atomic E-state index is 12.1.